The highest BCUT2D eigenvalue weighted by Crippen LogP contribution is 2.34. The lowest BCUT2D eigenvalue weighted by atomic mass is 10.1. The summed E-state index contributed by atoms with van der Waals surface area (Å²) in [5.74, 6) is 0.121. The van der Waals surface area contributed by atoms with Gasteiger partial charge in [-0.2, -0.15) is 0 Å². The van der Waals surface area contributed by atoms with Gasteiger partial charge in [-0.1, -0.05) is 6.07 Å². The molecule has 7 heteroatoms. The van der Waals surface area contributed by atoms with Gasteiger partial charge in [0.15, 0.2) is 6.29 Å². The molecule has 1 aliphatic rings. The standard InChI is InChI=1S/C20H19BrFNO4/c1-20(2,3)27-19(25)23-9-12-7-13(8-17(22)14(12)10-23)26-18-6-4-5-16(21)15(18)11-24/h4-8,11H,9-10H2,1-3H3. The topological polar surface area (TPSA) is 55.8 Å². The zero-order valence-corrected chi connectivity index (χ0v) is 16.8. The van der Waals surface area contributed by atoms with Crippen LogP contribution in [-0.2, 0) is 17.8 Å². The van der Waals surface area contributed by atoms with Gasteiger partial charge in [0.1, 0.15) is 22.9 Å². The van der Waals surface area contributed by atoms with E-state index in [0.29, 0.717) is 33.2 Å². The van der Waals surface area contributed by atoms with Gasteiger partial charge in [-0.15, -0.1) is 0 Å². The molecular formula is C20H19BrFNO4. The fourth-order valence-corrected chi connectivity index (χ4v) is 3.24. The molecule has 0 saturated carbocycles. The number of aldehydes is 1. The lowest BCUT2D eigenvalue weighted by Gasteiger charge is -2.24. The van der Waals surface area contributed by atoms with E-state index in [0.717, 1.165) is 0 Å². The van der Waals surface area contributed by atoms with Gasteiger partial charge in [-0.3, -0.25) is 9.69 Å². The molecule has 0 fully saturated rings. The third kappa shape index (κ3) is 4.30. The minimum Gasteiger partial charge on any atom is -0.456 e. The van der Waals surface area contributed by atoms with E-state index < -0.39 is 17.5 Å². The second-order valence-electron chi connectivity index (χ2n) is 7.25. The van der Waals surface area contributed by atoms with Gasteiger partial charge in [-0.05, 0) is 60.5 Å². The average Bonchev–Trinajstić information content (AvgIpc) is 2.98. The average molecular weight is 436 g/mol. The van der Waals surface area contributed by atoms with E-state index in [-0.39, 0.29) is 18.8 Å². The molecule has 3 rings (SSSR count). The van der Waals surface area contributed by atoms with Gasteiger partial charge >= 0.3 is 6.09 Å². The molecule has 0 aromatic heterocycles. The number of hydrogen-bond donors (Lipinski definition) is 0. The van der Waals surface area contributed by atoms with E-state index in [1.54, 1.807) is 45.0 Å². The molecule has 0 atom stereocenters. The van der Waals surface area contributed by atoms with E-state index in [2.05, 4.69) is 15.9 Å². The van der Waals surface area contributed by atoms with Crippen molar-refractivity contribution in [2.24, 2.45) is 0 Å². The number of ether oxygens (including phenoxy) is 2. The number of nitrogens with zero attached hydrogens (tertiary/aromatic N) is 1. The van der Waals surface area contributed by atoms with Crippen LogP contribution in [0.3, 0.4) is 0 Å². The van der Waals surface area contributed by atoms with Crippen molar-refractivity contribution in [1.29, 1.82) is 0 Å². The molecule has 2 aromatic carbocycles. The summed E-state index contributed by atoms with van der Waals surface area (Å²) >= 11 is 3.29. The number of benzene rings is 2. The Morgan fingerprint density at radius 1 is 1.26 bits per heavy atom. The summed E-state index contributed by atoms with van der Waals surface area (Å²) in [5, 5.41) is 0. The van der Waals surface area contributed by atoms with Crippen LogP contribution in [0.4, 0.5) is 9.18 Å². The second kappa shape index (κ2) is 7.31. The Bertz CT molecular complexity index is 908. The first-order valence-electron chi connectivity index (χ1n) is 8.38. The monoisotopic (exact) mass is 435 g/mol. The molecule has 0 spiro atoms. The quantitative estimate of drug-likeness (QED) is 0.601. The first-order chi connectivity index (χ1) is 12.7. The minimum absolute atomic E-state index is 0.146. The first-order valence-corrected chi connectivity index (χ1v) is 9.18. The highest BCUT2D eigenvalue weighted by atomic mass is 79.9. The maximum absolute atomic E-state index is 14.6. The van der Waals surface area contributed by atoms with E-state index in [9.17, 15) is 14.0 Å². The summed E-state index contributed by atoms with van der Waals surface area (Å²) in [4.78, 5) is 25.0. The minimum atomic E-state index is -0.620. The molecule has 1 amide bonds. The molecule has 0 N–H and O–H groups in total. The summed E-state index contributed by atoms with van der Waals surface area (Å²) in [7, 11) is 0. The highest BCUT2D eigenvalue weighted by Gasteiger charge is 2.30. The van der Waals surface area contributed by atoms with Crippen molar-refractivity contribution in [1.82, 2.24) is 4.90 Å². The summed E-state index contributed by atoms with van der Waals surface area (Å²) < 4.78 is 26.2. The maximum atomic E-state index is 14.6. The molecule has 142 valence electrons. The summed E-state index contributed by atoms with van der Waals surface area (Å²) in [6.07, 6.45) is 0.184. The maximum Gasteiger partial charge on any atom is 0.410 e. The van der Waals surface area contributed by atoms with Crippen LogP contribution in [0.5, 0.6) is 11.5 Å². The number of halogens is 2. The van der Waals surface area contributed by atoms with Crippen LogP contribution in [-0.4, -0.2) is 22.9 Å². The normalized spacial score (nSPS) is 13.3. The number of hydrogen-bond acceptors (Lipinski definition) is 4. The molecule has 0 bridgehead atoms. The summed E-state index contributed by atoms with van der Waals surface area (Å²) in [6.45, 7) is 5.72. The predicted molar refractivity (Wildman–Crippen MR) is 101 cm³/mol. The van der Waals surface area contributed by atoms with Crippen molar-refractivity contribution in [3.05, 3.63) is 57.3 Å². The van der Waals surface area contributed by atoms with Crippen LogP contribution in [0.1, 0.15) is 42.3 Å². The zero-order chi connectivity index (χ0) is 19.8. The third-order valence-electron chi connectivity index (χ3n) is 3.98. The Morgan fingerprint density at radius 3 is 2.67 bits per heavy atom. The molecule has 5 nitrogen and oxygen atoms in total. The van der Waals surface area contributed by atoms with Crippen molar-refractivity contribution in [3.8, 4) is 11.5 Å². The Labute approximate surface area is 165 Å². The van der Waals surface area contributed by atoms with Gasteiger partial charge in [0.25, 0.3) is 0 Å². The van der Waals surface area contributed by atoms with Crippen LogP contribution in [0.25, 0.3) is 0 Å². The Balaban J connectivity index is 1.83. The third-order valence-corrected chi connectivity index (χ3v) is 4.67. The van der Waals surface area contributed by atoms with E-state index >= 15 is 0 Å². The largest absolute Gasteiger partial charge is 0.456 e. The van der Waals surface area contributed by atoms with Crippen molar-refractivity contribution >= 4 is 28.3 Å². The number of fused-ring (bicyclic) bond motifs is 1. The van der Waals surface area contributed by atoms with Crippen molar-refractivity contribution in [2.75, 3.05) is 0 Å². The van der Waals surface area contributed by atoms with Gasteiger partial charge in [0.2, 0.25) is 0 Å². The number of carbonyl (C=O) groups is 2. The van der Waals surface area contributed by atoms with Crippen LogP contribution < -0.4 is 4.74 Å². The summed E-state index contributed by atoms with van der Waals surface area (Å²) in [5.41, 5.74) is 0.815. The van der Waals surface area contributed by atoms with Crippen molar-refractivity contribution < 1.29 is 23.5 Å². The SMILES string of the molecule is CC(C)(C)OC(=O)N1Cc2cc(Oc3cccc(Br)c3C=O)cc(F)c2C1. The molecular weight excluding hydrogens is 417 g/mol. The molecule has 0 aliphatic carbocycles. The van der Waals surface area contributed by atoms with Crippen LogP contribution >= 0.6 is 15.9 Å². The highest BCUT2D eigenvalue weighted by molar-refractivity contribution is 9.10. The lowest BCUT2D eigenvalue weighted by molar-refractivity contribution is 0.0241. The predicted octanol–water partition coefficient (Wildman–Crippen LogP) is 5.44. The fourth-order valence-electron chi connectivity index (χ4n) is 2.80. The summed E-state index contributed by atoms with van der Waals surface area (Å²) in [6, 6.07) is 8.01. The van der Waals surface area contributed by atoms with Crippen LogP contribution in [0.15, 0.2) is 34.8 Å². The van der Waals surface area contributed by atoms with Crippen LogP contribution in [0, 0.1) is 5.82 Å². The Morgan fingerprint density at radius 2 is 2.00 bits per heavy atom. The zero-order valence-electron chi connectivity index (χ0n) is 15.2. The van der Waals surface area contributed by atoms with Crippen molar-refractivity contribution in [2.45, 2.75) is 39.5 Å². The number of amides is 1. The van der Waals surface area contributed by atoms with E-state index in [1.165, 1.54) is 11.0 Å². The Hall–Kier alpha value is -2.41. The first kappa shape index (κ1) is 19.4. The number of carbonyl (C=O) groups excluding carboxylic acids is 2. The molecule has 0 saturated heterocycles. The van der Waals surface area contributed by atoms with Crippen molar-refractivity contribution in [3.63, 3.8) is 0 Å². The number of rotatable bonds is 3. The van der Waals surface area contributed by atoms with E-state index in [1.807, 2.05) is 0 Å². The lowest BCUT2D eigenvalue weighted by Crippen LogP contribution is -2.33. The molecule has 1 aliphatic heterocycles. The molecule has 0 radical (unpaired) electrons. The molecule has 0 unspecified atom stereocenters. The fraction of sp³-hybridized carbons (Fsp3) is 0.300. The smallest absolute Gasteiger partial charge is 0.410 e. The molecule has 27 heavy (non-hydrogen) atoms. The Kier molecular flexibility index (Phi) is 5.24. The van der Waals surface area contributed by atoms with E-state index in [4.69, 9.17) is 9.47 Å². The van der Waals surface area contributed by atoms with Crippen LogP contribution in [0.2, 0.25) is 0 Å². The molecule has 2 aromatic rings. The van der Waals surface area contributed by atoms with Gasteiger partial charge in [-0.25, -0.2) is 9.18 Å². The second-order valence-corrected chi connectivity index (χ2v) is 8.11. The van der Waals surface area contributed by atoms with Gasteiger partial charge < -0.3 is 9.47 Å². The van der Waals surface area contributed by atoms with Gasteiger partial charge in [0.05, 0.1) is 12.1 Å². The molecule has 1 heterocycles. The van der Waals surface area contributed by atoms with Gasteiger partial charge in [0, 0.05) is 22.6 Å².